The Bertz CT molecular complexity index is 93.0. The average molecular weight is 358 g/mol. The van der Waals surface area contributed by atoms with E-state index in [0.29, 0.717) is 0 Å². The molecular formula is H14EuO10S. The second kappa shape index (κ2) is 29.5. The Labute approximate surface area is 109 Å². The molecule has 0 aliphatic carbocycles. The normalized spacial score (nSPS) is 4.83. The Morgan fingerprint density at radius 2 is 0.667 bits per heavy atom. The maximum absolute atomic E-state index is 8.74. The molecule has 0 saturated carbocycles. The van der Waals surface area contributed by atoms with Crippen LogP contribution < -0.4 is 0 Å². The molecular weight excluding hydrogens is 344 g/mol. The Balaban J connectivity index is -0.00000000381. The van der Waals surface area contributed by atoms with Crippen LogP contribution in [-0.4, -0.2) is 50.4 Å². The fraction of sp³-hybridized carbons (Fsp3) is 0. The van der Waals surface area contributed by atoms with Crippen molar-refractivity contribution in [1.82, 2.24) is 0 Å². The summed E-state index contributed by atoms with van der Waals surface area (Å²) in [5.74, 6) is 0. The molecule has 0 bridgehead atoms. The van der Waals surface area contributed by atoms with Crippen molar-refractivity contribution in [2.24, 2.45) is 0 Å². The zero-order chi connectivity index (χ0) is 4.50. The van der Waals surface area contributed by atoms with Crippen LogP contribution in [0.15, 0.2) is 0 Å². The molecule has 0 aromatic heterocycles. The summed E-state index contributed by atoms with van der Waals surface area (Å²) < 4.78 is 31.6. The molecule has 0 aliphatic heterocycles. The van der Waals surface area contributed by atoms with Crippen molar-refractivity contribution in [2.75, 3.05) is 0 Å². The van der Waals surface area contributed by atoms with Crippen LogP contribution in [0, 0.1) is 49.4 Å². The first-order valence-electron chi connectivity index (χ1n) is 0.698. The van der Waals surface area contributed by atoms with E-state index >= 15 is 0 Å². The van der Waals surface area contributed by atoms with Gasteiger partial charge in [-0.25, -0.2) is 0 Å². The van der Waals surface area contributed by atoms with Gasteiger partial charge in [-0.2, -0.15) is 8.42 Å². The molecule has 0 amide bonds. The number of hydrogen-bond acceptors (Lipinski definition) is 2. The van der Waals surface area contributed by atoms with Gasteiger partial charge in [-0.05, 0) is 0 Å². The van der Waals surface area contributed by atoms with Crippen molar-refractivity contribution in [2.45, 2.75) is 0 Å². The molecule has 0 spiro atoms. The monoisotopic (exact) mass is 359 g/mol. The molecule has 12 heteroatoms. The number of hydrogen-bond donors (Lipinski definition) is 2. The van der Waals surface area contributed by atoms with Crippen LogP contribution in [0.25, 0.3) is 0 Å². The summed E-state index contributed by atoms with van der Waals surface area (Å²) in [4.78, 5) is 0. The molecule has 0 saturated heterocycles. The Morgan fingerprint density at radius 3 is 0.667 bits per heavy atom. The van der Waals surface area contributed by atoms with Gasteiger partial charge in [0, 0.05) is 49.4 Å². The molecule has 14 N–H and O–H groups in total. The van der Waals surface area contributed by atoms with Gasteiger partial charge in [0.1, 0.15) is 0 Å². The van der Waals surface area contributed by atoms with Crippen molar-refractivity contribution >= 4 is 10.4 Å². The minimum absolute atomic E-state index is 0. The zero-order valence-electron chi connectivity index (χ0n) is 5.50. The van der Waals surface area contributed by atoms with E-state index in [4.69, 9.17) is 17.5 Å². The minimum Gasteiger partial charge on any atom is -0.412 e. The summed E-state index contributed by atoms with van der Waals surface area (Å²) in [5.41, 5.74) is 0. The molecule has 0 aromatic carbocycles. The van der Waals surface area contributed by atoms with Gasteiger partial charge in [0.2, 0.25) is 0 Å². The van der Waals surface area contributed by atoms with E-state index in [1.165, 1.54) is 0 Å². The van der Waals surface area contributed by atoms with E-state index in [-0.39, 0.29) is 82.2 Å². The van der Waals surface area contributed by atoms with Crippen LogP contribution >= 0.6 is 0 Å². The largest absolute Gasteiger partial charge is 0.412 e. The van der Waals surface area contributed by atoms with E-state index in [0.717, 1.165) is 0 Å². The third-order valence-corrected chi connectivity index (χ3v) is 0. The van der Waals surface area contributed by atoms with Crippen LogP contribution in [0.5, 0.6) is 0 Å². The second-order valence-electron chi connectivity index (χ2n) is 0.448. The van der Waals surface area contributed by atoms with Gasteiger partial charge in [-0.15, -0.1) is 0 Å². The topological polar surface area (TPSA) is 264 Å². The van der Waals surface area contributed by atoms with Gasteiger partial charge < -0.3 is 32.9 Å². The van der Waals surface area contributed by atoms with E-state index in [2.05, 4.69) is 0 Å². The summed E-state index contributed by atoms with van der Waals surface area (Å²) in [5, 5.41) is 0. The third-order valence-electron chi connectivity index (χ3n) is 0. The van der Waals surface area contributed by atoms with Crippen molar-refractivity contribution in [1.29, 1.82) is 0 Å². The predicted molar refractivity (Wildman–Crippen MR) is 35.9 cm³/mol. The molecule has 0 atom stereocenters. The first kappa shape index (κ1) is 72.5. The van der Waals surface area contributed by atoms with E-state index < -0.39 is 10.4 Å². The van der Waals surface area contributed by atoms with Crippen molar-refractivity contribution in [3.05, 3.63) is 0 Å². The van der Waals surface area contributed by atoms with Gasteiger partial charge in [0.25, 0.3) is 0 Å². The van der Waals surface area contributed by atoms with E-state index in [9.17, 15) is 0 Å². The van der Waals surface area contributed by atoms with E-state index in [1.54, 1.807) is 0 Å². The Kier molecular flexibility index (Phi) is 178. The molecule has 87 valence electrons. The predicted octanol–water partition coefficient (Wildman–Crippen LogP) is -5.60. The smallest absolute Gasteiger partial charge is 0.394 e. The quantitative estimate of drug-likeness (QED) is 0.401. The molecule has 0 rings (SSSR count). The van der Waals surface area contributed by atoms with Crippen LogP contribution in [0.2, 0.25) is 0 Å². The first-order chi connectivity index (χ1) is 2.00. The molecule has 12 heavy (non-hydrogen) atoms. The average Bonchev–Trinajstić information content (AvgIpc) is 0.722. The Morgan fingerprint density at radius 1 is 0.667 bits per heavy atom. The van der Waals surface area contributed by atoms with Gasteiger partial charge in [0.15, 0.2) is 0 Å². The van der Waals surface area contributed by atoms with Crippen LogP contribution in [0.3, 0.4) is 0 Å². The molecule has 0 aromatic rings. The number of rotatable bonds is 0. The fourth-order valence-electron chi connectivity index (χ4n) is 0. The van der Waals surface area contributed by atoms with Gasteiger partial charge in [0.05, 0.1) is 0 Å². The second-order valence-corrected chi connectivity index (χ2v) is 1.34. The van der Waals surface area contributed by atoms with Crippen molar-refractivity contribution in [3.8, 4) is 0 Å². The van der Waals surface area contributed by atoms with Gasteiger partial charge in [-0.1, -0.05) is 0 Å². The third kappa shape index (κ3) is 793. The standard InChI is InChI=1S/Eu.H2O4S.6H2O/c;1-5(2,3)4;;;;;;/h;(H2,1,2,3,4);6*1H2. The molecule has 10 nitrogen and oxygen atoms in total. The minimum atomic E-state index is -4.67. The zero-order valence-corrected chi connectivity index (χ0v) is 8.74. The van der Waals surface area contributed by atoms with Crippen LogP contribution in [-0.2, 0) is 10.4 Å². The molecule has 0 fully saturated rings. The summed E-state index contributed by atoms with van der Waals surface area (Å²) in [6.45, 7) is 0. The maximum Gasteiger partial charge on any atom is 0.394 e. The summed E-state index contributed by atoms with van der Waals surface area (Å²) in [6, 6.07) is 0. The van der Waals surface area contributed by atoms with Crippen molar-refractivity contribution in [3.63, 3.8) is 0 Å². The molecule has 0 aliphatic rings. The van der Waals surface area contributed by atoms with Gasteiger partial charge in [-0.3, -0.25) is 9.11 Å². The molecule has 1 radical (unpaired) electrons. The van der Waals surface area contributed by atoms with Crippen LogP contribution in [0.4, 0.5) is 0 Å². The summed E-state index contributed by atoms with van der Waals surface area (Å²) in [6.07, 6.45) is 0. The summed E-state index contributed by atoms with van der Waals surface area (Å²) >= 11 is 0. The van der Waals surface area contributed by atoms with E-state index in [1.807, 2.05) is 0 Å². The van der Waals surface area contributed by atoms with Crippen molar-refractivity contribution < 1.29 is 99.8 Å². The van der Waals surface area contributed by atoms with Crippen LogP contribution in [0.1, 0.15) is 0 Å². The molecule has 0 heterocycles. The van der Waals surface area contributed by atoms with Gasteiger partial charge >= 0.3 is 10.4 Å². The summed E-state index contributed by atoms with van der Waals surface area (Å²) in [7, 11) is -4.67. The maximum atomic E-state index is 8.74. The SMILES string of the molecule is O.O.O.O.O.O.O=S(=O)(O)O.[Eu]. The molecule has 0 unspecified atom stereocenters. The Hall–Kier alpha value is 1.21. The first-order valence-corrected chi connectivity index (χ1v) is 2.10. The fourth-order valence-corrected chi connectivity index (χ4v) is 0.